The fourth-order valence-corrected chi connectivity index (χ4v) is 2.71. The van der Waals surface area contributed by atoms with E-state index in [0.29, 0.717) is 11.5 Å². The second kappa shape index (κ2) is 6.09. The first-order chi connectivity index (χ1) is 9.08. The van der Waals surface area contributed by atoms with Gasteiger partial charge in [0, 0.05) is 11.6 Å². The molecule has 0 saturated heterocycles. The number of rotatable bonds is 2. The normalized spacial score (nSPS) is 23.7. The van der Waals surface area contributed by atoms with Crippen LogP contribution in [0.1, 0.15) is 54.9 Å². The summed E-state index contributed by atoms with van der Waals surface area (Å²) in [6.07, 6.45) is 5.96. The van der Waals surface area contributed by atoms with Gasteiger partial charge in [-0.3, -0.25) is 4.79 Å². The minimum Gasteiger partial charge on any atom is -0.508 e. The Balaban J connectivity index is 2.05. The lowest BCUT2D eigenvalue weighted by molar-refractivity contribution is 0.0921. The van der Waals surface area contributed by atoms with E-state index in [0.717, 1.165) is 12.0 Å². The Bertz CT molecular complexity index is 456. The van der Waals surface area contributed by atoms with E-state index in [2.05, 4.69) is 12.2 Å². The van der Waals surface area contributed by atoms with E-state index in [-0.39, 0.29) is 17.7 Å². The van der Waals surface area contributed by atoms with E-state index >= 15 is 0 Å². The monoisotopic (exact) mass is 261 g/mol. The molecule has 0 spiro atoms. The van der Waals surface area contributed by atoms with Crippen LogP contribution in [0.3, 0.4) is 0 Å². The van der Waals surface area contributed by atoms with Crippen LogP contribution in [0.4, 0.5) is 0 Å². The minimum atomic E-state index is -0.0750. The summed E-state index contributed by atoms with van der Waals surface area (Å²) < 4.78 is 0. The Morgan fingerprint density at radius 1 is 1.26 bits per heavy atom. The van der Waals surface area contributed by atoms with Crippen molar-refractivity contribution in [3.8, 4) is 5.75 Å². The Hall–Kier alpha value is -1.51. The first-order valence-electron chi connectivity index (χ1n) is 7.18. The molecule has 0 bridgehead atoms. The number of hydrogen-bond donors (Lipinski definition) is 2. The number of amides is 1. The maximum Gasteiger partial charge on any atom is 0.251 e. The summed E-state index contributed by atoms with van der Waals surface area (Å²) in [6, 6.07) is 5.36. The maximum absolute atomic E-state index is 12.2. The zero-order valence-electron chi connectivity index (χ0n) is 11.8. The quantitative estimate of drug-likeness (QED) is 0.802. The van der Waals surface area contributed by atoms with Gasteiger partial charge >= 0.3 is 0 Å². The standard InChI is InChI=1S/C16H23NO2/c1-11-6-4-3-5-7-14(11)17-16(19)13-9-8-12(2)15(18)10-13/h8-11,14,18H,3-7H2,1-2H3,(H,17,19). The molecule has 0 aliphatic heterocycles. The molecule has 0 heterocycles. The molecule has 2 rings (SSSR count). The molecule has 1 aliphatic rings. The van der Waals surface area contributed by atoms with Gasteiger partial charge in [-0.05, 0) is 43.4 Å². The highest BCUT2D eigenvalue weighted by molar-refractivity contribution is 5.94. The number of carbonyl (C=O) groups is 1. The van der Waals surface area contributed by atoms with Crippen molar-refractivity contribution in [2.24, 2.45) is 5.92 Å². The molecule has 1 aromatic carbocycles. The maximum atomic E-state index is 12.2. The average molecular weight is 261 g/mol. The molecule has 19 heavy (non-hydrogen) atoms. The zero-order valence-corrected chi connectivity index (χ0v) is 11.8. The molecule has 2 atom stereocenters. The predicted octanol–water partition coefficient (Wildman–Crippen LogP) is 3.40. The highest BCUT2D eigenvalue weighted by Crippen LogP contribution is 2.24. The molecule has 1 fully saturated rings. The largest absolute Gasteiger partial charge is 0.508 e. The number of aromatic hydroxyl groups is 1. The number of hydrogen-bond acceptors (Lipinski definition) is 2. The third-order valence-electron chi connectivity index (χ3n) is 4.15. The van der Waals surface area contributed by atoms with E-state index in [1.165, 1.54) is 25.7 Å². The van der Waals surface area contributed by atoms with Crippen molar-refractivity contribution in [1.82, 2.24) is 5.32 Å². The van der Waals surface area contributed by atoms with E-state index in [9.17, 15) is 9.90 Å². The molecule has 1 aliphatic carbocycles. The van der Waals surface area contributed by atoms with Gasteiger partial charge in [0.25, 0.3) is 5.91 Å². The second-order valence-corrected chi connectivity index (χ2v) is 5.70. The van der Waals surface area contributed by atoms with Crippen molar-refractivity contribution in [2.75, 3.05) is 0 Å². The van der Waals surface area contributed by atoms with Crippen LogP contribution in [-0.2, 0) is 0 Å². The van der Waals surface area contributed by atoms with Gasteiger partial charge in [-0.1, -0.05) is 32.3 Å². The average Bonchev–Trinajstić information content (AvgIpc) is 2.58. The van der Waals surface area contributed by atoms with Gasteiger partial charge in [0.15, 0.2) is 0 Å². The predicted molar refractivity (Wildman–Crippen MR) is 76.3 cm³/mol. The van der Waals surface area contributed by atoms with Gasteiger partial charge < -0.3 is 10.4 Å². The SMILES string of the molecule is Cc1ccc(C(=O)NC2CCCCCC2C)cc1O. The molecule has 104 valence electrons. The topological polar surface area (TPSA) is 49.3 Å². The summed E-state index contributed by atoms with van der Waals surface area (Å²) in [5.41, 5.74) is 1.33. The smallest absolute Gasteiger partial charge is 0.251 e. The Morgan fingerprint density at radius 3 is 2.74 bits per heavy atom. The van der Waals surface area contributed by atoms with Crippen LogP contribution >= 0.6 is 0 Å². The van der Waals surface area contributed by atoms with Gasteiger partial charge in [-0.2, -0.15) is 0 Å². The molecule has 0 aromatic heterocycles. The fraction of sp³-hybridized carbons (Fsp3) is 0.562. The summed E-state index contributed by atoms with van der Waals surface area (Å²) in [7, 11) is 0. The van der Waals surface area contributed by atoms with Crippen molar-refractivity contribution in [3.05, 3.63) is 29.3 Å². The van der Waals surface area contributed by atoms with Gasteiger partial charge in [-0.15, -0.1) is 0 Å². The number of carbonyl (C=O) groups excluding carboxylic acids is 1. The lowest BCUT2D eigenvalue weighted by Gasteiger charge is -2.22. The summed E-state index contributed by atoms with van der Waals surface area (Å²) >= 11 is 0. The molecule has 0 radical (unpaired) electrons. The Morgan fingerprint density at radius 2 is 2.00 bits per heavy atom. The number of aryl methyl sites for hydroxylation is 1. The number of nitrogens with one attached hydrogen (secondary N) is 1. The minimum absolute atomic E-state index is 0.0750. The van der Waals surface area contributed by atoms with Gasteiger partial charge in [0.2, 0.25) is 0 Å². The molecule has 3 heteroatoms. The molecular weight excluding hydrogens is 238 g/mol. The van der Waals surface area contributed by atoms with E-state index in [1.54, 1.807) is 18.2 Å². The van der Waals surface area contributed by atoms with Crippen LogP contribution in [0.5, 0.6) is 5.75 Å². The first kappa shape index (κ1) is 13.9. The molecule has 3 nitrogen and oxygen atoms in total. The lowest BCUT2D eigenvalue weighted by atomic mass is 9.96. The van der Waals surface area contributed by atoms with E-state index < -0.39 is 0 Å². The van der Waals surface area contributed by atoms with Crippen LogP contribution in [0.15, 0.2) is 18.2 Å². The summed E-state index contributed by atoms with van der Waals surface area (Å²) in [5.74, 6) is 0.640. The van der Waals surface area contributed by atoms with Crippen LogP contribution < -0.4 is 5.32 Å². The third kappa shape index (κ3) is 3.49. The van der Waals surface area contributed by atoms with Crippen molar-refractivity contribution in [1.29, 1.82) is 0 Å². The van der Waals surface area contributed by atoms with Crippen molar-refractivity contribution in [3.63, 3.8) is 0 Å². The second-order valence-electron chi connectivity index (χ2n) is 5.70. The van der Waals surface area contributed by atoms with Crippen LogP contribution in [0.25, 0.3) is 0 Å². The van der Waals surface area contributed by atoms with Gasteiger partial charge in [-0.25, -0.2) is 0 Å². The highest BCUT2D eigenvalue weighted by Gasteiger charge is 2.22. The molecule has 1 saturated carbocycles. The summed E-state index contributed by atoms with van der Waals surface area (Å²) in [5, 5.41) is 12.8. The van der Waals surface area contributed by atoms with Gasteiger partial charge in [0.1, 0.15) is 5.75 Å². The van der Waals surface area contributed by atoms with E-state index in [1.807, 2.05) is 6.92 Å². The van der Waals surface area contributed by atoms with Crippen molar-refractivity contribution < 1.29 is 9.90 Å². The van der Waals surface area contributed by atoms with Crippen molar-refractivity contribution in [2.45, 2.75) is 52.0 Å². The van der Waals surface area contributed by atoms with Crippen LogP contribution in [0.2, 0.25) is 0 Å². The Kier molecular flexibility index (Phi) is 4.46. The van der Waals surface area contributed by atoms with Crippen LogP contribution in [-0.4, -0.2) is 17.1 Å². The Labute approximate surface area is 115 Å². The fourth-order valence-electron chi connectivity index (χ4n) is 2.71. The third-order valence-corrected chi connectivity index (χ3v) is 4.15. The van der Waals surface area contributed by atoms with Crippen LogP contribution in [0, 0.1) is 12.8 Å². The summed E-state index contributed by atoms with van der Waals surface area (Å²) in [4.78, 5) is 12.2. The number of phenolic OH excluding ortho intramolecular Hbond substituents is 1. The molecule has 2 unspecified atom stereocenters. The molecule has 1 aromatic rings. The van der Waals surface area contributed by atoms with Gasteiger partial charge in [0.05, 0.1) is 0 Å². The first-order valence-corrected chi connectivity index (χ1v) is 7.18. The molecule has 1 amide bonds. The van der Waals surface area contributed by atoms with E-state index in [4.69, 9.17) is 0 Å². The van der Waals surface area contributed by atoms with Crippen molar-refractivity contribution >= 4 is 5.91 Å². The highest BCUT2D eigenvalue weighted by atomic mass is 16.3. The number of phenols is 1. The molecular formula is C16H23NO2. The lowest BCUT2D eigenvalue weighted by Crippen LogP contribution is -2.38. The zero-order chi connectivity index (χ0) is 13.8. The number of benzene rings is 1. The molecule has 2 N–H and O–H groups in total. The summed E-state index contributed by atoms with van der Waals surface area (Å²) in [6.45, 7) is 4.03.